The summed E-state index contributed by atoms with van der Waals surface area (Å²) in [6.07, 6.45) is 5.09. The average Bonchev–Trinajstić information content (AvgIpc) is 2.66. The Morgan fingerprint density at radius 2 is 1.86 bits per heavy atom. The van der Waals surface area contributed by atoms with Crippen LogP contribution in [0.5, 0.6) is 5.75 Å². The third kappa shape index (κ3) is 2.15. The van der Waals surface area contributed by atoms with Crippen molar-refractivity contribution in [1.82, 2.24) is 0 Å². The minimum absolute atomic E-state index is 0.325. The van der Waals surface area contributed by atoms with E-state index in [1.807, 2.05) is 12.1 Å². The maximum absolute atomic E-state index is 6.01. The molecule has 0 unspecified atom stereocenters. The topological polar surface area (TPSA) is 9.23 Å². The lowest BCUT2D eigenvalue weighted by Gasteiger charge is -2.14. The summed E-state index contributed by atoms with van der Waals surface area (Å²) in [6.45, 7) is 0. The summed E-state index contributed by atoms with van der Waals surface area (Å²) >= 11 is 11.9. The monoisotopic (exact) mass is 230 g/mol. The van der Waals surface area contributed by atoms with Gasteiger partial charge in [-0.15, -0.1) is 0 Å². The van der Waals surface area contributed by atoms with E-state index in [0.717, 1.165) is 12.8 Å². The van der Waals surface area contributed by atoms with Gasteiger partial charge in [0, 0.05) is 0 Å². The smallest absolute Gasteiger partial charge is 0.139 e. The Labute approximate surface area is 94.0 Å². The number of benzene rings is 1. The molecule has 1 aliphatic rings. The molecule has 1 fully saturated rings. The Morgan fingerprint density at radius 1 is 1.14 bits per heavy atom. The molecule has 1 aromatic rings. The van der Waals surface area contributed by atoms with E-state index in [-0.39, 0.29) is 0 Å². The van der Waals surface area contributed by atoms with Crippen LogP contribution in [0.25, 0.3) is 0 Å². The van der Waals surface area contributed by atoms with Crippen LogP contribution < -0.4 is 4.74 Å². The van der Waals surface area contributed by atoms with Crippen LogP contribution in [0.3, 0.4) is 0 Å². The molecule has 2 rings (SSSR count). The number of hydrogen-bond acceptors (Lipinski definition) is 1. The van der Waals surface area contributed by atoms with E-state index in [2.05, 4.69) is 0 Å². The molecular formula is C11H12Cl2O. The van der Waals surface area contributed by atoms with Crippen LogP contribution in [0.1, 0.15) is 25.7 Å². The zero-order valence-corrected chi connectivity index (χ0v) is 9.31. The molecule has 0 saturated heterocycles. The molecule has 0 bridgehead atoms. The molecule has 1 aliphatic carbocycles. The average molecular weight is 231 g/mol. The zero-order chi connectivity index (χ0) is 9.97. The van der Waals surface area contributed by atoms with Crippen molar-refractivity contribution in [2.24, 2.45) is 0 Å². The molecular weight excluding hydrogens is 219 g/mol. The van der Waals surface area contributed by atoms with Gasteiger partial charge >= 0.3 is 0 Å². The van der Waals surface area contributed by atoms with Crippen LogP contribution in [0.15, 0.2) is 18.2 Å². The van der Waals surface area contributed by atoms with Crippen LogP contribution in [0.2, 0.25) is 10.0 Å². The second-order valence-corrected chi connectivity index (χ2v) is 4.36. The second kappa shape index (κ2) is 4.41. The molecule has 3 heteroatoms. The molecule has 0 spiro atoms. The van der Waals surface area contributed by atoms with Crippen molar-refractivity contribution in [3.05, 3.63) is 28.2 Å². The highest BCUT2D eigenvalue weighted by molar-refractivity contribution is 6.42. The predicted molar refractivity (Wildman–Crippen MR) is 59.3 cm³/mol. The van der Waals surface area contributed by atoms with Crippen molar-refractivity contribution in [2.45, 2.75) is 31.8 Å². The van der Waals surface area contributed by atoms with Gasteiger partial charge < -0.3 is 4.74 Å². The molecule has 14 heavy (non-hydrogen) atoms. The van der Waals surface area contributed by atoms with Crippen LogP contribution >= 0.6 is 23.2 Å². The molecule has 0 N–H and O–H groups in total. The SMILES string of the molecule is Clc1cccc(OC2CCCC2)c1Cl. The second-order valence-electron chi connectivity index (χ2n) is 3.58. The largest absolute Gasteiger partial charge is 0.489 e. The maximum atomic E-state index is 6.01. The zero-order valence-electron chi connectivity index (χ0n) is 7.80. The minimum atomic E-state index is 0.325. The number of rotatable bonds is 2. The van der Waals surface area contributed by atoms with E-state index >= 15 is 0 Å². The van der Waals surface area contributed by atoms with E-state index in [0.29, 0.717) is 21.9 Å². The van der Waals surface area contributed by atoms with Crippen molar-refractivity contribution < 1.29 is 4.74 Å². The van der Waals surface area contributed by atoms with Crippen molar-refractivity contribution in [2.75, 3.05) is 0 Å². The fourth-order valence-corrected chi connectivity index (χ4v) is 2.10. The maximum Gasteiger partial charge on any atom is 0.139 e. The lowest BCUT2D eigenvalue weighted by atomic mass is 10.3. The van der Waals surface area contributed by atoms with E-state index in [1.54, 1.807) is 6.07 Å². The Hall–Kier alpha value is -0.400. The molecule has 0 amide bonds. The van der Waals surface area contributed by atoms with E-state index in [9.17, 15) is 0 Å². The number of halogens is 2. The van der Waals surface area contributed by atoms with Gasteiger partial charge in [-0.1, -0.05) is 29.3 Å². The first-order chi connectivity index (χ1) is 6.77. The van der Waals surface area contributed by atoms with Crippen LogP contribution in [0, 0.1) is 0 Å². The molecule has 0 atom stereocenters. The van der Waals surface area contributed by atoms with E-state index in [4.69, 9.17) is 27.9 Å². The first kappa shape index (κ1) is 10.1. The predicted octanol–water partition coefficient (Wildman–Crippen LogP) is 4.31. The van der Waals surface area contributed by atoms with Crippen LogP contribution in [-0.4, -0.2) is 6.10 Å². The van der Waals surface area contributed by atoms with Crippen LogP contribution in [0.4, 0.5) is 0 Å². The lowest BCUT2D eigenvalue weighted by molar-refractivity contribution is 0.210. The molecule has 1 saturated carbocycles. The fraction of sp³-hybridized carbons (Fsp3) is 0.455. The van der Waals surface area contributed by atoms with Gasteiger partial charge in [-0.2, -0.15) is 0 Å². The lowest BCUT2D eigenvalue weighted by Crippen LogP contribution is -2.10. The Balaban J connectivity index is 2.11. The molecule has 76 valence electrons. The standard InChI is InChI=1S/C11H12Cl2O/c12-9-6-3-7-10(11(9)13)14-8-4-1-2-5-8/h3,6-8H,1-2,4-5H2. The normalized spacial score (nSPS) is 17.3. The summed E-state index contributed by atoms with van der Waals surface area (Å²) in [7, 11) is 0. The van der Waals surface area contributed by atoms with Crippen LogP contribution in [-0.2, 0) is 0 Å². The number of hydrogen-bond donors (Lipinski definition) is 0. The van der Waals surface area contributed by atoms with Crippen molar-refractivity contribution in [1.29, 1.82) is 0 Å². The fourth-order valence-electron chi connectivity index (χ4n) is 1.76. The molecule has 0 heterocycles. The van der Waals surface area contributed by atoms with Crippen molar-refractivity contribution >= 4 is 23.2 Å². The van der Waals surface area contributed by atoms with Crippen molar-refractivity contribution in [3.8, 4) is 5.75 Å². The molecule has 0 aliphatic heterocycles. The Morgan fingerprint density at radius 3 is 2.57 bits per heavy atom. The highest BCUT2D eigenvalue weighted by atomic mass is 35.5. The summed E-state index contributed by atoms with van der Waals surface area (Å²) in [5.41, 5.74) is 0. The third-order valence-corrected chi connectivity index (χ3v) is 3.31. The van der Waals surface area contributed by atoms with E-state index < -0.39 is 0 Å². The minimum Gasteiger partial charge on any atom is -0.489 e. The molecule has 0 radical (unpaired) electrons. The van der Waals surface area contributed by atoms with Gasteiger partial charge in [0.25, 0.3) is 0 Å². The quantitative estimate of drug-likeness (QED) is 0.736. The van der Waals surface area contributed by atoms with Gasteiger partial charge in [-0.3, -0.25) is 0 Å². The van der Waals surface area contributed by atoms with E-state index in [1.165, 1.54) is 12.8 Å². The van der Waals surface area contributed by atoms with Gasteiger partial charge in [0.05, 0.1) is 11.1 Å². The van der Waals surface area contributed by atoms with Gasteiger partial charge in [0.15, 0.2) is 0 Å². The van der Waals surface area contributed by atoms with Gasteiger partial charge in [0.1, 0.15) is 10.8 Å². The molecule has 1 nitrogen and oxygen atoms in total. The highest BCUT2D eigenvalue weighted by Crippen LogP contribution is 2.34. The van der Waals surface area contributed by atoms with Crippen molar-refractivity contribution in [3.63, 3.8) is 0 Å². The molecule has 0 aromatic heterocycles. The van der Waals surface area contributed by atoms with Gasteiger partial charge in [-0.05, 0) is 37.8 Å². The summed E-state index contributed by atoms with van der Waals surface area (Å²) < 4.78 is 5.77. The number of ether oxygens (including phenoxy) is 1. The summed E-state index contributed by atoms with van der Waals surface area (Å²) in [5.74, 6) is 0.714. The summed E-state index contributed by atoms with van der Waals surface area (Å²) in [5, 5.41) is 1.09. The Bertz CT molecular complexity index is 319. The van der Waals surface area contributed by atoms with Gasteiger partial charge in [-0.25, -0.2) is 0 Å². The summed E-state index contributed by atoms with van der Waals surface area (Å²) in [4.78, 5) is 0. The summed E-state index contributed by atoms with van der Waals surface area (Å²) in [6, 6.07) is 5.50. The van der Waals surface area contributed by atoms with Gasteiger partial charge in [0.2, 0.25) is 0 Å². The first-order valence-electron chi connectivity index (χ1n) is 4.88. The Kier molecular flexibility index (Phi) is 3.19. The molecule has 1 aromatic carbocycles. The highest BCUT2D eigenvalue weighted by Gasteiger charge is 2.18. The first-order valence-corrected chi connectivity index (χ1v) is 5.63. The third-order valence-electron chi connectivity index (χ3n) is 2.51.